The third-order valence-electron chi connectivity index (χ3n) is 3.49. The largest absolute Gasteiger partial charge is 0.465 e. The summed E-state index contributed by atoms with van der Waals surface area (Å²) in [5, 5.41) is 0. The second kappa shape index (κ2) is 9.77. The van der Waals surface area contributed by atoms with Crippen molar-refractivity contribution in [2.75, 3.05) is 13.2 Å². The van der Waals surface area contributed by atoms with Crippen molar-refractivity contribution in [3.63, 3.8) is 0 Å². The van der Waals surface area contributed by atoms with Gasteiger partial charge < -0.3 is 9.47 Å². The molecule has 0 heterocycles. The standard InChI is InChI=1S/C18H24O5/c1-4-22-17(20)15-11-9-14(10-12-15)7-6-8-16(13(3)19)18(21)23-5-2/h9-12,16H,4-8H2,1-3H3/t16-/m0/s1. The minimum absolute atomic E-state index is 0.166. The lowest BCUT2D eigenvalue weighted by Gasteiger charge is -2.12. The molecule has 0 aliphatic rings. The molecule has 0 amide bonds. The molecule has 0 fully saturated rings. The minimum Gasteiger partial charge on any atom is -0.465 e. The van der Waals surface area contributed by atoms with Crippen LogP contribution in [0.4, 0.5) is 0 Å². The van der Waals surface area contributed by atoms with Crippen LogP contribution >= 0.6 is 0 Å². The minimum atomic E-state index is -0.686. The van der Waals surface area contributed by atoms with E-state index in [1.54, 1.807) is 26.0 Å². The van der Waals surface area contributed by atoms with Crippen LogP contribution in [0.25, 0.3) is 0 Å². The van der Waals surface area contributed by atoms with Gasteiger partial charge in [-0.25, -0.2) is 4.79 Å². The highest BCUT2D eigenvalue weighted by Crippen LogP contribution is 2.15. The number of carbonyl (C=O) groups is 3. The molecule has 0 radical (unpaired) electrons. The number of hydrogen-bond donors (Lipinski definition) is 0. The third kappa shape index (κ3) is 6.22. The van der Waals surface area contributed by atoms with Crippen molar-refractivity contribution in [3.05, 3.63) is 35.4 Å². The topological polar surface area (TPSA) is 69.7 Å². The molecule has 1 atom stereocenters. The summed E-state index contributed by atoms with van der Waals surface area (Å²) in [6.45, 7) is 5.52. The Hall–Kier alpha value is -2.17. The van der Waals surface area contributed by atoms with Gasteiger partial charge in [-0.3, -0.25) is 9.59 Å². The van der Waals surface area contributed by atoms with Gasteiger partial charge in [0.25, 0.3) is 0 Å². The fourth-order valence-corrected chi connectivity index (χ4v) is 2.26. The van der Waals surface area contributed by atoms with Crippen LogP contribution in [-0.4, -0.2) is 30.9 Å². The van der Waals surface area contributed by atoms with E-state index in [4.69, 9.17) is 9.47 Å². The summed E-state index contributed by atoms with van der Waals surface area (Å²) in [7, 11) is 0. The smallest absolute Gasteiger partial charge is 0.338 e. The summed E-state index contributed by atoms with van der Waals surface area (Å²) in [4.78, 5) is 34.8. The number of carbonyl (C=O) groups excluding carboxylic acids is 3. The Kier molecular flexibility index (Phi) is 8.02. The van der Waals surface area contributed by atoms with E-state index in [1.807, 2.05) is 12.1 Å². The first-order valence-electron chi connectivity index (χ1n) is 7.92. The van der Waals surface area contributed by atoms with Crippen molar-refractivity contribution < 1.29 is 23.9 Å². The first-order valence-corrected chi connectivity index (χ1v) is 7.92. The lowest BCUT2D eigenvalue weighted by Crippen LogP contribution is -2.24. The number of Topliss-reactive ketones (excluding diaryl/α,β-unsaturated/α-hetero) is 1. The zero-order chi connectivity index (χ0) is 17.2. The van der Waals surface area contributed by atoms with E-state index in [0.29, 0.717) is 25.0 Å². The number of aryl methyl sites for hydroxylation is 1. The predicted octanol–water partition coefficient (Wildman–Crippen LogP) is 2.95. The van der Waals surface area contributed by atoms with E-state index in [-0.39, 0.29) is 18.4 Å². The highest BCUT2D eigenvalue weighted by molar-refractivity contribution is 5.97. The highest BCUT2D eigenvalue weighted by Gasteiger charge is 2.23. The van der Waals surface area contributed by atoms with Crippen LogP contribution in [0.15, 0.2) is 24.3 Å². The van der Waals surface area contributed by atoms with Gasteiger partial charge >= 0.3 is 11.9 Å². The number of esters is 2. The van der Waals surface area contributed by atoms with Crippen molar-refractivity contribution in [1.29, 1.82) is 0 Å². The van der Waals surface area contributed by atoms with Gasteiger partial charge in [0.15, 0.2) is 0 Å². The first-order chi connectivity index (χ1) is 11.0. The van der Waals surface area contributed by atoms with Gasteiger partial charge in [-0.1, -0.05) is 12.1 Å². The summed E-state index contributed by atoms with van der Waals surface area (Å²) in [6.07, 6.45) is 1.89. The Morgan fingerprint density at radius 2 is 1.61 bits per heavy atom. The molecule has 23 heavy (non-hydrogen) atoms. The Labute approximate surface area is 137 Å². The monoisotopic (exact) mass is 320 g/mol. The van der Waals surface area contributed by atoms with Crippen LogP contribution in [0.3, 0.4) is 0 Å². The van der Waals surface area contributed by atoms with E-state index < -0.39 is 11.9 Å². The zero-order valence-corrected chi connectivity index (χ0v) is 14.0. The lowest BCUT2D eigenvalue weighted by atomic mass is 9.96. The molecule has 0 aliphatic heterocycles. The number of ether oxygens (including phenoxy) is 2. The Bertz CT molecular complexity index is 533. The lowest BCUT2D eigenvalue weighted by molar-refractivity contribution is -0.151. The molecule has 126 valence electrons. The molecule has 5 heteroatoms. The van der Waals surface area contributed by atoms with Crippen molar-refractivity contribution in [2.24, 2.45) is 5.92 Å². The molecular formula is C18H24O5. The number of benzene rings is 1. The summed E-state index contributed by atoms with van der Waals surface area (Å²) in [5.41, 5.74) is 1.56. The van der Waals surface area contributed by atoms with Crippen LogP contribution in [0.5, 0.6) is 0 Å². The third-order valence-corrected chi connectivity index (χ3v) is 3.49. The van der Waals surface area contributed by atoms with E-state index in [1.165, 1.54) is 6.92 Å². The number of hydrogen-bond acceptors (Lipinski definition) is 5. The van der Waals surface area contributed by atoms with E-state index in [2.05, 4.69) is 0 Å². The molecule has 0 spiro atoms. The van der Waals surface area contributed by atoms with Crippen molar-refractivity contribution >= 4 is 17.7 Å². The van der Waals surface area contributed by atoms with Gasteiger partial charge in [0.1, 0.15) is 11.7 Å². The maximum Gasteiger partial charge on any atom is 0.338 e. The van der Waals surface area contributed by atoms with Crippen LogP contribution in [0, 0.1) is 5.92 Å². The summed E-state index contributed by atoms with van der Waals surface area (Å²) >= 11 is 0. The van der Waals surface area contributed by atoms with Crippen LogP contribution in [0.1, 0.15) is 49.5 Å². The fourth-order valence-electron chi connectivity index (χ4n) is 2.26. The second-order valence-corrected chi connectivity index (χ2v) is 5.22. The molecule has 0 aromatic heterocycles. The number of ketones is 1. The SMILES string of the molecule is CCOC(=O)c1ccc(CCC[C@@H](C(C)=O)C(=O)OCC)cc1. The van der Waals surface area contributed by atoms with Gasteiger partial charge in [-0.05, 0) is 57.7 Å². The average Bonchev–Trinajstić information content (AvgIpc) is 2.52. The summed E-state index contributed by atoms with van der Waals surface area (Å²) < 4.78 is 9.85. The summed E-state index contributed by atoms with van der Waals surface area (Å²) in [5.74, 6) is -1.63. The van der Waals surface area contributed by atoms with E-state index in [9.17, 15) is 14.4 Å². The van der Waals surface area contributed by atoms with Gasteiger partial charge in [0.2, 0.25) is 0 Å². The molecule has 0 saturated carbocycles. The van der Waals surface area contributed by atoms with Crippen LogP contribution in [0.2, 0.25) is 0 Å². The van der Waals surface area contributed by atoms with Gasteiger partial charge in [-0.2, -0.15) is 0 Å². The molecule has 1 rings (SSSR count). The Morgan fingerprint density at radius 1 is 1.00 bits per heavy atom. The first kappa shape index (κ1) is 18.9. The van der Waals surface area contributed by atoms with Crippen LogP contribution in [-0.2, 0) is 25.5 Å². The summed E-state index contributed by atoms with van der Waals surface area (Å²) in [6, 6.07) is 7.17. The molecule has 1 aromatic carbocycles. The molecule has 0 saturated heterocycles. The van der Waals surface area contributed by atoms with Gasteiger partial charge in [0, 0.05) is 0 Å². The Balaban J connectivity index is 2.52. The molecule has 0 bridgehead atoms. The zero-order valence-electron chi connectivity index (χ0n) is 14.0. The van der Waals surface area contributed by atoms with Gasteiger partial charge in [-0.15, -0.1) is 0 Å². The molecule has 5 nitrogen and oxygen atoms in total. The van der Waals surface area contributed by atoms with E-state index >= 15 is 0 Å². The maximum atomic E-state index is 11.7. The van der Waals surface area contributed by atoms with Crippen molar-refractivity contribution in [2.45, 2.75) is 40.0 Å². The molecule has 1 aromatic rings. The van der Waals surface area contributed by atoms with E-state index in [0.717, 1.165) is 12.0 Å². The average molecular weight is 320 g/mol. The number of rotatable bonds is 9. The fraction of sp³-hybridized carbons (Fsp3) is 0.500. The predicted molar refractivity (Wildman–Crippen MR) is 86.1 cm³/mol. The highest BCUT2D eigenvalue weighted by atomic mass is 16.5. The molecule has 0 unspecified atom stereocenters. The normalized spacial score (nSPS) is 11.6. The van der Waals surface area contributed by atoms with Crippen molar-refractivity contribution in [1.82, 2.24) is 0 Å². The van der Waals surface area contributed by atoms with Gasteiger partial charge in [0.05, 0.1) is 18.8 Å². The molecule has 0 aliphatic carbocycles. The van der Waals surface area contributed by atoms with Crippen molar-refractivity contribution in [3.8, 4) is 0 Å². The Morgan fingerprint density at radius 3 is 2.13 bits per heavy atom. The second-order valence-electron chi connectivity index (χ2n) is 5.22. The molecular weight excluding hydrogens is 296 g/mol. The molecule has 0 N–H and O–H groups in total. The maximum absolute atomic E-state index is 11.7. The quantitative estimate of drug-likeness (QED) is 0.517. The van der Waals surface area contributed by atoms with Crippen LogP contribution < -0.4 is 0 Å².